The van der Waals surface area contributed by atoms with E-state index in [0.29, 0.717) is 5.15 Å². The fourth-order valence-corrected chi connectivity index (χ4v) is 3.19. The lowest BCUT2D eigenvalue weighted by Gasteiger charge is -2.14. The number of pyridine rings is 1. The molecule has 1 aliphatic carbocycles. The van der Waals surface area contributed by atoms with E-state index >= 15 is 0 Å². The molecule has 3 heterocycles. The zero-order valence-electron chi connectivity index (χ0n) is 12.2. The summed E-state index contributed by atoms with van der Waals surface area (Å²) in [4.78, 5) is 9.05. The van der Waals surface area contributed by atoms with E-state index in [1.54, 1.807) is 4.52 Å². The lowest BCUT2D eigenvalue weighted by Crippen LogP contribution is -2.01. The quantitative estimate of drug-likeness (QED) is 0.632. The van der Waals surface area contributed by atoms with Gasteiger partial charge in [0.05, 0.1) is 5.69 Å². The van der Waals surface area contributed by atoms with E-state index in [1.807, 2.05) is 19.2 Å². The van der Waals surface area contributed by atoms with Crippen LogP contribution in [-0.2, 0) is 0 Å². The number of hydrogen-bond donors (Lipinski definition) is 0. The Bertz CT molecular complexity index is 923. The van der Waals surface area contributed by atoms with Crippen molar-refractivity contribution in [2.75, 3.05) is 0 Å². The lowest BCUT2D eigenvalue weighted by atomic mass is 9.95. The van der Waals surface area contributed by atoms with Crippen molar-refractivity contribution < 1.29 is 0 Å². The minimum atomic E-state index is 0.287. The number of fused-ring (bicyclic) bond motifs is 3. The zero-order chi connectivity index (χ0) is 15.1. The fraction of sp³-hybridized carbons (Fsp3) is 0.235. The molecule has 0 aromatic carbocycles. The summed E-state index contributed by atoms with van der Waals surface area (Å²) in [6.45, 7) is 1.94. The molecule has 0 saturated carbocycles. The number of aromatic nitrogens is 4. The smallest absolute Gasteiger partial charge is 0.166 e. The van der Waals surface area contributed by atoms with Gasteiger partial charge in [0.15, 0.2) is 11.3 Å². The Labute approximate surface area is 133 Å². The molecule has 0 bridgehead atoms. The predicted octanol–water partition coefficient (Wildman–Crippen LogP) is 4.23. The summed E-state index contributed by atoms with van der Waals surface area (Å²) in [7, 11) is 0. The zero-order valence-corrected chi connectivity index (χ0v) is 13.0. The van der Waals surface area contributed by atoms with Gasteiger partial charge in [-0.2, -0.15) is 9.61 Å². The fourth-order valence-electron chi connectivity index (χ4n) is 2.91. The highest BCUT2D eigenvalue weighted by atomic mass is 35.5. The second-order valence-corrected chi connectivity index (χ2v) is 5.95. The molecule has 0 aliphatic heterocycles. The summed E-state index contributed by atoms with van der Waals surface area (Å²) in [5.74, 6) is 0.287. The van der Waals surface area contributed by atoms with Crippen LogP contribution < -0.4 is 0 Å². The molecule has 1 atom stereocenters. The van der Waals surface area contributed by atoms with Crippen LogP contribution in [0.2, 0.25) is 5.15 Å². The maximum Gasteiger partial charge on any atom is 0.166 e. The largest absolute Gasteiger partial charge is 0.236 e. The van der Waals surface area contributed by atoms with Gasteiger partial charge in [-0.15, -0.1) is 0 Å². The van der Waals surface area contributed by atoms with Crippen LogP contribution in [0.1, 0.15) is 30.0 Å². The highest BCUT2D eigenvalue weighted by Crippen LogP contribution is 2.32. The molecule has 4 rings (SSSR count). The van der Waals surface area contributed by atoms with Crippen LogP contribution in [0.3, 0.4) is 0 Å². The Kier molecular flexibility index (Phi) is 3.19. The first-order valence-corrected chi connectivity index (χ1v) is 7.75. The summed E-state index contributed by atoms with van der Waals surface area (Å²) >= 11 is 6.47. The Morgan fingerprint density at radius 3 is 3.09 bits per heavy atom. The molecule has 1 unspecified atom stereocenters. The van der Waals surface area contributed by atoms with Gasteiger partial charge in [0.2, 0.25) is 0 Å². The summed E-state index contributed by atoms with van der Waals surface area (Å²) < 4.78 is 1.75. The summed E-state index contributed by atoms with van der Waals surface area (Å²) in [5.41, 5.74) is 3.52. The molecule has 0 N–H and O–H groups in total. The monoisotopic (exact) mass is 310 g/mol. The molecule has 3 aromatic rings. The number of rotatable bonds is 1. The minimum absolute atomic E-state index is 0.287. The molecule has 0 amide bonds. The van der Waals surface area contributed by atoms with Gasteiger partial charge >= 0.3 is 0 Å². The van der Waals surface area contributed by atoms with Crippen molar-refractivity contribution >= 4 is 28.3 Å². The van der Waals surface area contributed by atoms with Gasteiger partial charge in [0.25, 0.3) is 0 Å². The number of halogens is 1. The third-order valence-corrected chi connectivity index (χ3v) is 4.30. The molecule has 0 fully saturated rings. The summed E-state index contributed by atoms with van der Waals surface area (Å²) in [6, 6.07) is 4.02. The molecule has 22 heavy (non-hydrogen) atoms. The minimum Gasteiger partial charge on any atom is -0.236 e. The van der Waals surface area contributed by atoms with Crippen molar-refractivity contribution in [3.8, 4) is 0 Å². The number of aryl methyl sites for hydroxylation is 1. The van der Waals surface area contributed by atoms with Gasteiger partial charge in [-0.05, 0) is 31.4 Å². The van der Waals surface area contributed by atoms with Crippen molar-refractivity contribution in [3.63, 3.8) is 0 Å². The highest BCUT2D eigenvalue weighted by Gasteiger charge is 2.16. The van der Waals surface area contributed by atoms with Crippen LogP contribution in [0.4, 0.5) is 0 Å². The van der Waals surface area contributed by atoms with Gasteiger partial charge in [0, 0.05) is 23.6 Å². The number of nitrogens with zero attached hydrogens (tertiary/aromatic N) is 4. The maximum absolute atomic E-state index is 6.47. The first-order valence-electron chi connectivity index (χ1n) is 7.37. The Morgan fingerprint density at radius 1 is 1.27 bits per heavy atom. The Hall–Kier alpha value is -2.20. The van der Waals surface area contributed by atoms with E-state index in [4.69, 9.17) is 11.6 Å². The third-order valence-electron chi connectivity index (χ3n) is 4.00. The van der Waals surface area contributed by atoms with Crippen molar-refractivity contribution in [3.05, 3.63) is 59.0 Å². The normalized spacial score (nSPS) is 18.2. The molecule has 0 saturated heterocycles. The van der Waals surface area contributed by atoms with Crippen LogP contribution in [-0.4, -0.2) is 19.6 Å². The summed E-state index contributed by atoms with van der Waals surface area (Å²) in [6.07, 6.45) is 12.4. The van der Waals surface area contributed by atoms with Crippen molar-refractivity contribution in [2.45, 2.75) is 25.7 Å². The Balaban J connectivity index is 1.91. The molecule has 0 radical (unpaired) electrons. The third kappa shape index (κ3) is 2.20. The SMILES string of the molecule is Cc1cc2ncc3cc(C4C=CC=CCC4)c(Cl)nc3n2n1. The molecule has 3 aromatic heterocycles. The van der Waals surface area contributed by atoms with Gasteiger partial charge in [-0.3, -0.25) is 0 Å². The van der Waals surface area contributed by atoms with Crippen molar-refractivity contribution in [2.24, 2.45) is 0 Å². The maximum atomic E-state index is 6.47. The second-order valence-electron chi connectivity index (χ2n) is 5.59. The molecular formula is C17H15ClN4. The van der Waals surface area contributed by atoms with Gasteiger partial charge in [-0.1, -0.05) is 35.9 Å². The molecule has 5 heteroatoms. The van der Waals surface area contributed by atoms with Crippen molar-refractivity contribution in [1.29, 1.82) is 0 Å². The average Bonchev–Trinajstić information content (AvgIpc) is 2.72. The molecule has 4 nitrogen and oxygen atoms in total. The van der Waals surface area contributed by atoms with E-state index in [-0.39, 0.29) is 5.92 Å². The molecule has 0 spiro atoms. The first kappa shape index (κ1) is 13.5. The molecular weight excluding hydrogens is 296 g/mol. The second kappa shape index (κ2) is 5.21. The van der Waals surface area contributed by atoms with Gasteiger partial charge in [0.1, 0.15) is 5.15 Å². The first-order chi connectivity index (χ1) is 10.7. The molecule has 110 valence electrons. The summed E-state index contributed by atoms with van der Waals surface area (Å²) in [5, 5.41) is 5.95. The van der Waals surface area contributed by atoms with Gasteiger partial charge < -0.3 is 0 Å². The van der Waals surface area contributed by atoms with E-state index in [0.717, 1.165) is 40.8 Å². The van der Waals surface area contributed by atoms with E-state index in [2.05, 4.69) is 45.4 Å². The number of allylic oxidation sites excluding steroid dienone is 4. The average molecular weight is 311 g/mol. The van der Waals surface area contributed by atoms with Crippen molar-refractivity contribution in [1.82, 2.24) is 19.6 Å². The van der Waals surface area contributed by atoms with Crippen LogP contribution in [0.5, 0.6) is 0 Å². The van der Waals surface area contributed by atoms with E-state index in [1.165, 1.54) is 0 Å². The highest BCUT2D eigenvalue weighted by molar-refractivity contribution is 6.30. The topological polar surface area (TPSA) is 43.1 Å². The van der Waals surface area contributed by atoms with Crippen LogP contribution in [0.15, 0.2) is 42.6 Å². The van der Waals surface area contributed by atoms with Gasteiger partial charge in [-0.25, -0.2) is 9.97 Å². The number of hydrogen-bond acceptors (Lipinski definition) is 3. The van der Waals surface area contributed by atoms with Crippen LogP contribution in [0.25, 0.3) is 16.7 Å². The Morgan fingerprint density at radius 2 is 2.18 bits per heavy atom. The predicted molar refractivity (Wildman–Crippen MR) is 88.3 cm³/mol. The lowest BCUT2D eigenvalue weighted by molar-refractivity contribution is 0.753. The standard InChI is InChI=1S/C17H15ClN4/c1-11-8-15-19-10-13-9-14(12-6-4-2-3-5-7-12)16(18)20-17(13)22(15)21-11/h2-4,6,8-10,12H,5,7H2,1H3. The van der Waals surface area contributed by atoms with E-state index in [9.17, 15) is 0 Å². The molecule has 1 aliphatic rings. The van der Waals surface area contributed by atoms with Crippen LogP contribution >= 0.6 is 11.6 Å². The van der Waals surface area contributed by atoms with E-state index < -0.39 is 0 Å². The van der Waals surface area contributed by atoms with Crippen LogP contribution in [0, 0.1) is 6.92 Å².